The minimum absolute atomic E-state index is 0.182. The van der Waals surface area contributed by atoms with Gasteiger partial charge >= 0.3 is 0 Å². The number of rotatable bonds is 1. The van der Waals surface area contributed by atoms with Crippen LogP contribution >= 0.6 is 0 Å². The maximum absolute atomic E-state index is 13.1. The first kappa shape index (κ1) is 8.05. The Hall–Kier alpha value is -1.57. The molecule has 0 radical (unpaired) electrons. The molecule has 0 N–H and O–H groups in total. The molecular formula is C11H9FO. The summed E-state index contributed by atoms with van der Waals surface area (Å²) in [5.41, 5.74) is 2.41. The fraction of sp³-hybridized carbons (Fsp3) is 0.0909. The van der Waals surface area contributed by atoms with Gasteiger partial charge in [-0.2, -0.15) is 0 Å². The highest BCUT2D eigenvalue weighted by Gasteiger charge is 2.02. The quantitative estimate of drug-likeness (QED) is 0.649. The minimum Gasteiger partial charge on any atom is -0.472 e. The lowest BCUT2D eigenvalue weighted by Crippen LogP contribution is -1.82. The molecule has 2 heteroatoms. The van der Waals surface area contributed by atoms with E-state index < -0.39 is 0 Å². The fourth-order valence-electron chi connectivity index (χ4n) is 1.20. The van der Waals surface area contributed by atoms with Gasteiger partial charge in [0.2, 0.25) is 0 Å². The zero-order valence-corrected chi connectivity index (χ0v) is 7.25. The molecule has 0 unspecified atom stereocenters. The number of aryl methyl sites for hydroxylation is 1. The van der Waals surface area contributed by atoms with Crippen LogP contribution in [0.1, 0.15) is 5.56 Å². The highest BCUT2D eigenvalue weighted by Crippen LogP contribution is 2.21. The van der Waals surface area contributed by atoms with Crippen LogP contribution in [-0.4, -0.2) is 0 Å². The molecule has 0 aliphatic rings. The molecule has 1 heterocycles. The molecule has 0 aliphatic heterocycles. The van der Waals surface area contributed by atoms with Gasteiger partial charge in [0.1, 0.15) is 5.82 Å². The van der Waals surface area contributed by atoms with E-state index in [-0.39, 0.29) is 5.82 Å². The molecule has 2 rings (SSSR count). The van der Waals surface area contributed by atoms with Gasteiger partial charge in [0, 0.05) is 5.56 Å². The normalized spacial score (nSPS) is 10.3. The van der Waals surface area contributed by atoms with E-state index >= 15 is 0 Å². The van der Waals surface area contributed by atoms with Crippen LogP contribution in [0.2, 0.25) is 0 Å². The second kappa shape index (κ2) is 3.05. The molecule has 0 saturated heterocycles. The average molecular weight is 176 g/mol. The Balaban J connectivity index is 2.49. The molecule has 0 spiro atoms. The third-order valence-electron chi connectivity index (χ3n) is 2.03. The van der Waals surface area contributed by atoms with Crippen LogP contribution in [0.4, 0.5) is 4.39 Å². The summed E-state index contributed by atoms with van der Waals surface area (Å²) in [6.07, 6.45) is 3.18. The highest BCUT2D eigenvalue weighted by atomic mass is 19.1. The van der Waals surface area contributed by atoms with E-state index in [1.807, 2.05) is 12.1 Å². The van der Waals surface area contributed by atoms with Gasteiger partial charge in [0.25, 0.3) is 0 Å². The molecule has 0 saturated carbocycles. The van der Waals surface area contributed by atoms with Crippen LogP contribution in [-0.2, 0) is 0 Å². The molecule has 0 atom stereocenters. The topological polar surface area (TPSA) is 13.1 Å². The van der Waals surface area contributed by atoms with Gasteiger partial charge in [-0.25, -0.2) is 4.39 Å². The summed E-state index contributed by atoms with van der Waals surface area (Å²) in [7, 11) is 0. The van der Waals surface area contributed by atoms with Crippen LogP contribution < -0.4 is 0 Å². The second-order valence-electron chi connectivity index (χ2n) is 2.98. The Morgan fingerprint density at radius 2 is 2.00 bits per heavy atom. The monoisotopic (exact) mass is 176 g/mol. The van der Waals surface area contributed by atoms with Crippen molar-refractivity contribution in [1.29, 1.82) is 0 Å². The molecule has 0 aliphatic carbocycles. The van der Waals surface area contributed by atoms with Crippen molar-refractivity contribution in [3.05, 3.63) is 48.2 Å². The molecule has 1 aromatic carbocycles. The summed E-state index contributed by atoms with van der Waals surface area (Å²) in [6.45, 7) is 1.74. The second-order valence-corrected chi connectivity index (χ2v) is 2.98. The van der Waals surface area contributed by atoms with Crippen molar-refractivity contribution in [3.8, 4) is 11.1 Å². The molecule has 0 amide bonds. The first-order chi connectivity index (χ1) is 6.27. The fourth-order valence-corrected chi connectivity index (χ4v) is 1.20. The van der Waals surface area contributed by atoms with Crippen LogP contribution in [0.3, 0.4) is 0 Å². The van der Waals surface area contributed by atoms with Gasteiger partial charge in [-0.05, 0) is 30.2 Å². The molecule has 66 valence electrons. The summed E-state index contributed by atoms with van der Waals surface area (Å²) in [6, 6.07) is 6.96. The van der Waals surface area contributed by atoms with Gasteiger partial charge in [0.15, 0.2) is 0 Å². The van der Waals surface area contributed by atoms with E-state index in [0.29, 0.717) is 5.56 Å². The summed E-state index contributed by atoms with van der Waals surface area (Å²) in [5, 5.41) is 0. The minimum atomic E-state index is -0.182. The predicted octanol–water partition coefficient (Wildman–Crippen LogP) is 3.39. The van der Waals surface area contributed by atoms with E-state index in [2.05, 4.69) is 0 Å². The summed E-state index contributed by atoms with van der Waals surface area (Å²) in [4.78, 5) is 0. The Kier molecular flexibility index (Phi) is 1.89. The number of halogens is 1. The SMILES string of the molecule is Cc1ccc(-c2ccoc2)cc1F. The van der Waals surface area contributed by atoms with Crippen molar-refractivity contribution in [3.63, 3.8) is 0 Å². The van der Waals surface area contributed by atoms with Crippen molar-refractivity contribution < 1.29 is 8.81 Å². The van der Waals surface area contributed by atoms with Crippen molar-refractivity contribution in [2.24, 2.45) is 0 Å². The Bertz CT molecular complexity index is 404. The lowest BCUT2D eigenvalue weighted by atomic mass is 10.1. The van der Waals surface area contributed by atoms with Gasteiger partial charge in [-0.1, -0.05) is 12.1 Å². The molecule has 1 aromatic heterocycles. The highest BCUT2D eigenvalue weighted by molar-refractivity contribution is 5.62. The van der Waals surface area contributed by atoms with Gasteiger partial charge in [-0.15, -0.1) is 0 Å². The summed E-state index contributed by atoms with van der Waals surface area (Å²) < 4.78 is 18.1. The first-order valence-electron chi connectivity index (χ1n) is 4.06. The van der Waals surface area contributed by atoms with E-state index in [1.165, 1.54) is 6.07 Å². The van der Waals surface area contributed by atoms with Crippen molar-refractivity contribution in [1.82, 2.24) is 0 Å². The zero-order valence-electron chi connectivity index (χ0n) is 7.25. The number of hydrogen-bond donors (Lipinski definition) is 0. The zero-order chi connectivity index (χ0) is 9.26. The number of furan rings is 1. The first-order valence-corrected chi connectivity index (χ1v) is 4.06. The van der Waals surface area contributed by atoms with E-state index in [0.717, 1.165) is 11.1 Å². The van der Waals surface area contributed by atoms with Gasteiger partial charge in [0.05, 0.1) is 12.5 Å². The van der Waals surface area contributed by atoms with Crippen molar-refractivity contribution in [2.45, 2.75) is 6.92 Å². The van der Waals surface area contributed by atoms with Crippen LogP contribution in [0.15, 0.2) is 41.2 Å². The standard InChI is InChI=1S/C11H9FO/c1-8-2-3-9(6-11(8)12)10-4-5-13-7-10/h2-7H,1H3. The third kappa shape index (κ3) is 1.47. The average Bonchev–Trinajstić information content (AvgIpc) is 2.62. The molecule has 0 fully saturated rings. The largest absolute Gasteiger partial charge is 0.472 e. The van der Waals surface area contributed by atoms with Gasteiger partial charge in [-0.3, -0.25) is 0 Å². The van der Waals surface area contributed by atoms with Crippen LogP contribution in [0.5, 0.6) is 0 Å². The maximum Gasteiger partial charge on any atom is 0.126 e. The van der Waals surface area contributed by atoms with E-state index in [4.69, 9.17) is 4.42 Å². The molecule has 1 nitrogen and oxygen atoms in total. The lowest BCUT2D eigenvalue weighted by Gasteiger charge is -1.99. The lowest BCUT2D eigenvalue weighted by molar-refractivity contribution is 0.568. The van der Waals surface area contributed by atoms with Crippen LogP contribution in [0.25, 0.3) is 11.1 Å². The predicted molar refractivity (Wildman–Crippen MR) is 48.8 cm³/mol. The number of benzene rings is 1. The van der Waals surface area contributed by atoms with Crippen molar-refractivity contribution in [2.75, 3.05) is 0 Å². The summed E-state index contributed by atoms with van der Waals surface area (Å²) in [5.74, 6) is -0.182. The third-order valence-corrected chi connectivity index (χ3v) is 2.03. The smallest absolute Gasteiger partial charge is 0.126 e. The van der Waals surface area contributed by atoms with E-state index in [9.17, 15) is 4.39 Å². The number of hydrogen-bond acceptors (Lipinski definition) is 1. The Morgan fingerprint density at radius 3 is 2.62 bits per heavy atom. The molecule has 13 heavy (non-hydrogen) atoms. The van der Waals surface area contributed by atoms with Crippen molar-refractivity contribution >= 4 is 0 Å². The summed E-state index contributed by atoms with van der Waals surface area (Å²) >= 11 is 0. The molecule has 0 bridgehead atoms. The van der Waals surface area contributed by atoms with Crippen LogP contribution in [0, 0.1) is 12.7 Å². The Morgan fingerprint density at radius 1 is 1.15 bits per heavy atom. The van der Waals surface area contributed by atoms with Gasteiger partial charge < -0.3 is 4.42 Å². The molecule has 2 aromatic rings. The van der Waals surface area contributed by atoms with E-state index in [1.54, 1.807) is 25.5 Å². The maximum atomic E-state index is 13.1. The Labute approximate surface area is 75.8 Å². The molecular weight excluding hydrogens is 167 g/mol.